The van der Waals surface area contributed by atoms with Gasteiger partial charge in [0, 0.05) is 31.2 Å². The minimum atomic E-state index is -2.57. The predicted octanol–water partition coefficient (Wildman–Crippen LogP) is 2.72. The number of nitrogens with one attached hydrogen (secondary N) is 1. The molecule has 5 heteroatoms. The fraction of sp³-hybridized carbons (Fsp3) is 0.727. The van der Waals surface area contributed by atoms with Gasteiger partial charge >= 0.3 is 0 Å². The fourth-order valence-electron chi connectivity index (χ4n) is 1.75. The molecule has 0 aromatic rings. The molecule has 0 unspecified atom stereocenters. The van der Waals surface area contributed by atoms with Crippen LogP contribution in [0.15, 0.2) is 12.2 Å². The molecule has 2 nitrogen and oxygen atoms in total. The normalized spacial score (nSPS) is 21.2. The van der Waals surface area contributed by atoms with Crippen molar-refractivity contribution in [1.82, 2.24) is 5.32 Å². The Balaban J connectivity index is 2.25. The van der Waals surface area contributed by atoms with Crippen molar-refractivity contribution in [2.75, 3.05) is 12.4 Å². The van der Waals surface area contributed by atoms with Gasteiger partial charge in [0.05, 0.1) is 0 Å². The molecule has 1 amide bonds. The molecule has 0 aromatic heterocycles. The van der Waals surface area contributed by atoms with Gasteiger partial charge in [-0.2, -0.15) is 0 Å². The van der Waals surface area contributed by atoms with Crippen LogP contribution in [0.4, 0.5) is 8.78 Å². The molecule has 0 saturated heterocycles. The average Bonchev–Trinajstić information content (AvgIpc) is 2.24. The summed E-state index contributed by atoms with van der Waals surface area (Å²) in [7, 11) is 0. The van der Waals surface area contributed by atoms with Gasteiger partial charge in [-0.05, 0) is 12.8 Å². The summed E-state index contributed by atoms with van der Waals surface area (Å²) in [5, 5.41) is 2.69. The maximum atomic E-state index is 12.8. The first kappa shape index (κ1) is 13.4. The zero-order valence-electron chi connectivity index (χ0n) is 9.02. The summed E-state index contributed by atoms with van der Waals surface area (Å²) in [6.45, 7) is 0.415. The number of allylic oxidation sites excluding steroid dienone is 1. The van der Waals surface area contributed by atoms with E-state index in [1.165, 1.54) is 0 Å². The van der Waals surface area contributed by atoms with Crippen LogP contribution in [-0.4, -0.2) is 24.3 Å². The van der Waals surface area contributed by atoms with Gasteiger partial charge in [-0.25, -0.2) is 8.78 Å². The highest BCUT2D eigenvalue weighted by atomic mass is 35.5. The van der Waals surface area contributed by atoms with E-state index in [0.717, 1.165) is 0 Å². The molecule has 0 bridgehead atoms. The summed E-state index contributed by atoms with van der Waals surface area (Å²) in [6, 6.07) is 0. The number of carbonyl (C=O) groups is 1. The van der Waals surface area contributed by atoms with E-state index < -0.39 is 5.92 Å². The van der Waals surface area contributed by atoms with Gasteiger partial charge in [-0.1, -0.05) is 12.2 Å². The number of hydrogen-bond donors (Lipinski definition) is 1. The van der Waals surface area contributed by atoms with Crippen LogP contribution in [0, 0.1) is 5.92 Å². The fourth-order valence-corrected chi connectivity index (χ4v) is 1.88. The number of rotatable bonds is 4. The van der Waals surface area contributed by atoms with Crippen molar-refractivity contribution < 1.29 is 13.6 Å². The van der Waals surface area contributed by atoms with Gasteiger partial charge in [-0.3, -0.25) is 4.79 Å². The second-order valence-corrected chi connectivity index (χ2v) is 4.31. The molecule has 0 radical (unpaired) electrons. The quantitative estimate of drug-likeness (QED) is 0.604. The van der Waals surface area contributed by atoms with E-state index in [-0.39, 0.29) is 37.5 Å². The Kier molecular flexibility index (Phi) is 5.19. The molecule has 0 aliphatic heterocycles. The molecule has 0 spiro atoms. The van der Waals surface area contributed by atoms with E-state index in [2.05, 4.69) is 5.32 Å². The Labute approximate surface area is 99.0 Å². The van der Waals surface area contributed by atoms with E-state index in [9.17, 15) is 13.6 Å². The van der Waals surface area contributed by atoms with E-state index in [0.29, 0.717) is 12.4 Å². The first-order valence-electron chi connectivity index (χ1n) is 5.42. The van der Waals surface area contributed by atoms with Crippen LogP contribution in [0.5, 0.6) is 0 Å². The summed E-state index contributed by atoms with van der Waals surface area (Å²) < 4.78 is 25.7. The summed E-state index contributed by atoms with van der Waals surface area (Å²) in [5.74, 6) is -2.56. The van der Waals surface area contributed by atoms with E-state index >= 15 is 0 Å². The molecule has 0 atom stereocenters. The lowest BCUT2D eigenvalue weighted by atomic mass is 9.86. The van der Waals surface area contributed by atoms with Gasteiger partial charge in [0.1, 0.15) is 0 Å². The van der Waals surface area contributed by atoms with Crippen LogP contribution in [0.25, 0.3) is 0 Å². The second kappa shape index (κ2) is 6.18. The summed E-state index contributed by atoms with van der Waals surface area (Å²) in [4.78, 5) is 11.5. The van der Waals surface area contributed by atoms with Gasteiger partial charge in [0.2, 0.25) is 11.8 Å². The molecule has 1 N–H and O–H groups in total. The smallest absolute Gasteiger partial charge is 0.248 e. The molecule has 1 aliphatic carbocycles. The maximum absolute atomic E-state index is 12.8. The third kappa shape index (κ3) is 4.47. The van der Waals surface area contributed by atoms with Crippen molar-refractivity contribution in [1.29, 1.82) is 0 Å². The van der Waals surface area contributed by atoms with Crippen LogP contribution in [0.3, 0.4) is 0 Å². The number of hydrogen-bond acceptors (Lipinski definition) is 1. The molecule has 1 saturated carbocycles. The van der Waals surface area contributed by atoms with Crippen LogP contribution in [0.2, 0.25) is 0 Å². The minimum absolute atomic E-state index is 0.130. The highest BCUT2D eigenvalue weighted by Gasteiger charge is 2.37. The third-order valence-corrected chi connectivity index (χ3v) is 2.92. The Morgan fingerprint density at radius 1 is 1.38 bits per heavy atom. The highest BCUT2D eigenvalue weighted by molar-refractivity contribution is 6.18. The lowest BCUT2D eigenvalue weighted by molar-refractivity contribution is -0.128. The molecule has 0 aromatic carbocycles. The van der Waals surface area contributed by atoms with E-state index in [1.54, 1.807) is 12.2 Å². The Morgan fingerprint density at radius 2 is 2.00 bits per heavy atom. The number of carbonyl (C=O) groups excluding carboxylic acids is 1. The minimum Gasteiger partial charge on any atom is -0.352 e. The van der Waals surface area contributed by atoms with Crippen molar-refractivity contribution in [3.05, 3.63) is 12.2 Å². The number of halogens is 3. The lowest BCUT2D eigenvalue weighted by Crippen LogP contribution is -2.35. The van der Waals surface area contributed by atoms with Crippen molar-refractivity contribution >= 4 is 17.5 Å². The molecular weight excluding hydrogens is 236 g/mol. The molecular formula is C11H16ClF2NO. The van der Waals surface area contributed by atoms with Crippen molar-refractivity contribution in [2.24, 2.45) is 5.92 Å². The van der Waals surface area contributed by atoms with Gasteiger partial charge in [0.15, 0.2) is 0 Å². The number of amides is 1. The van der Waals surface area contributed by atoms with Crippen molar-refractivity contribution in [2.45, 2.75) is 31.6 Å². The second-order valence-electron chi connectivity index (χ2n) is 4.00. The van der Waals surface area contributed by atoms with Gasteiger partial charge in [0.25, 0.3) is 0 Å². The van der Waals surface area contributed by atoms with Gasteiger partial charge < -0.3 is 5.32 Å². The standard InChI is InChI=1S/C11H16ClF2NO/c12-7-1-2-8-15-10(16)9-3-5-11(13,14)6-4-9/h1-2,9H,3-8H2,(H,15,16)/b2-1+. The molecule has 1 aliphatic rings. The van der Waals surface area contributed by atoms with Crippen LogP contribution >= 0.6 is 11.6 Å². The third-order valence-electron chi connectivity index (χ3n) is 2.74. The molecule has 92 valence electrons. The molecule has 1 rings (SSSR count). The zero-order valence-corrected chi connectivity index (χ0v) is 9.77. The van der Waals surface area contributed by atoms with Gasteiger partial charge in [-0.15, -0.1) is 11.6 Å². The van der Waals surface area contributed by atoms with Crippen LogP contribution in [-0.2, 0) is 4.79 Å². The SMILES string of the molecule is O=C(NC/C=C/CCl)C1CCC(F)(F)CC1. The highest BCUT2D eigenvalue weighted by Crippen LogP contribution is 2.36. The summed E-state index contributed by atoms with van der Waals surface area (Å²) in [5.41, 5.74) is 0. The monoisotopic (exact) mass is 251 g/mol. The van der Waals surface area contributed by atoms with Crippen molar-refractivity contribution in [3.8, 4) is 0 Å². The molecule has 1 fully saturated rings. The Hall–Kier alpha value is -0.640. The maximum Gasteiger partial charge on any atom is 0.248 e. The largest absolute Gasteiger partial charge is 0.352 e. The summed E-state index contributed by atoms with van der Waals surface area (Å²) in [6.07, 6.45) is 3.68. The van der Waals surface area contributed by atoms with Crippen LogP contribution < -0.4 is 5.32 Å². The van der Waals surface area contributed by atoms with Crippen LogP contribution in [0.1, 0.15) is 25.7 Å². The summed E-state index contributed by atoms with van der Waals surface area (Å²) >= 11 is 5.41. The van der Waals surface area contributed by atoms with E-state index in [4.69, 9.17) is 11.6 Å². The lowest BCUT2D eigenvalue weighted by Gasteiger charge is -2.27. The predicted molar refractivity (Wildman–Crippen MR) is 59.8 cm³/mol. The first-order valence-corrected chi connectivity index (χ1v) is 5.95. The van der Waals surface area contributed by atoms with Crippen molar-refractivity contribution in [3.63, 3.8) is 0 Å². The zero-order chi connectivity index (χ0) is 12.0. The average molecular weight is 252 g/mol. The van der Waals surface area contributed by atoms with E-state index in [1.807, 2.05) is 0 Å². The Bertz CT molecular complexity index is 259. The first-order chi connectivity index (χ1) is 7.55. The Morgan fingerprint density at radius 3 is 2.56 bits per heavy atom. The number of alkyl halides is 3. The topological polar surface area (TPSA) is 29.1 Å². The molecule has 0 heterocycles. The molecule has 16 heavy (non-hydrogen) atoms.